The minimum Gasteiger partial charge on any atom is -0.394 e. The van der Waals surface area contributed by atoms with E-state index in [0.29, 0.717) is 19.3 Å². The number of nitrogens with one attached hydrogen (secondary N) is 1. The van der Waals surface area contributed by atoms with E-state index in [1.54, 1.807) is 0 Å². The fraction of sp³-hybridized carbons (Fsp3) is 0.824. The number of carbonyl (C=O) groups is 1. The molecule has 9 unspecified atom stereocenters. The van der Waals surface area contributed by atoms with Gasteiger partial charge in [0, 0.05) is 0 Å². The Labute approximate surface area is 377 Å². The molecule has 0 saturated carbocycles. The van der Waals surface area contributed by atoms with E-state index < -0.39 is 74.2 Å². The SMILES string of the molecule is CCCCCCCCC/C=C\CCCCCCC(O)C(=O)NC(COC1OC(CO)C(O)C(O)C1O)C(O)C(O)CCC/C=C/CC/C=C/CC/C=C/CCCCCCCCC. The van der Waals surface area contributed by atoms with Crippen LogP contribution in [-0.4, -0.2) is 110 Å². The van der Waals surface area contributed by atoms with Gasteiger partial charge in [0.05, 0.1) is 25.4 Å². The lowest BCUT2D eigenvalue weighted by atomic mass is 9.98. The third-order valence-corrected chi connectivity index (χ3v) is 11.8. The molecule has 0 radical (unpaired) electrons. The van der Waals surface area contributed by atoms with Crippen LogP contribution in [0.1, 0.15) is 200 Å². The van der Waals surface area contributed by atoms with Crippen LogP contribution in [0.2, 0.25) is 0 Å². The average molecular weight is 880 g/mol. The molecule has 0 bridgehead atoms. The van der Waals surface area contributed by atoms with Crippen LogP contribution in [0.4, 0.5) is 0 Å². The lowest BCUT2D eigenvalue weighted by molar-refractivity contribution is -0.303. The summed E-state index contributed by atoms with van der Waals surface area (Å²) in [6.07, 6.45) is 37.3. The molecule has 9 atom stereocenters. The first-order valence-corrected chi connectivity index (χ1v) is 25.0. The van der Waals surface area contributed by atoms with Gasteiger partial charge in [-0.3, -0.25) is 4.79 Å². The maximum atomic E-state index is 13.1. The monoisotopic (exact) mass is 880 g/mol. The van der Waals surface area contributed by atoms with Crippen LogP contribution in [0.5, 0.6) is 0 Å². The molecule has 1 rings (SSSR count). The van der Waals surface area contributed by atoms with Gasteiger partial charge in [-0.25, -0.2) is 0 Å². The molecule has 1 saturated heterocycles. The van der Waals surface area contributed by atoms with Crippen molar-refractivity contribution in [1.82, 2.24) is 5.32 Å². The number of hydrogen-bond acceptors (Lipinski definition) is 10. The highest BCUT2D eigenvalue weighted by atomic mass is 16.7. The molecule has 1 aliphatic heterocycles. The zero-order valence-electron chi connectivity index (χ0n) is 39.1. The lowest BCUT2D eigenvalue weighted by Gasteiger charge is -2.40. The van der Waals surface area contributed by atoms with Gasteiger partial charge in [0.15, 0.2) is 6.29 Å². The number of allylic oxidation sites excluding steroid dienone is 8. The van der Waals surface area contributed by atoms with Crippen molar-refractivity contribution in [3.63, 3.8) is 0 Å². The third-order valence-electron chi connectivity index (χ3n) is 11.8. The molecule has 1 amide bonds. The molecule has 1 aliphatic rings. The fourth-order valence-electron chi connectivity index (χ4n) is 7.64. The van der Waals surface area contributed by atoms with Crippen LogP contribution in [0.15, 0.2) is 48.6 Å². The van der Waals surface area contributed by atoms with Crippen molar-refractivity contribution in [3.8, 4) is 0 Å². The standard InChI is InChI=1S/C51H93NO10/c1-3-5-7-9-11-13-15-17-19-20-21-22-23-25-26-28-30-32-34-36-38-43(54)46(56)42(41-61-51-49(59)48(58)47(57)45(40-53)62-51)52-50(60)44(55)39-37-35-33-31-29-27-24-18-16-14-12-10-8-6-4-2/h19-20,23-25,27,30,32,42-49,51,53-59H,3-18,21-22,26,28-29,31,33-41H2,1-2H3,(H,52,60)/b20-19+,25-23+,27-24-,32-30+. The van der Waals surface area contributed by atoms with Gasteiger partial charge in [-0.2, -0.15) is 0 Å². The summed E-state index contributed by atoms with van der Waals surface area (Å²) < 4.78 is 11.1. The minimum absolute atomic E-state index is 0.234. The average Bonchev–Trinajstić information content (AvgIpc) is 3.27. The summed E-state index contributed by atoms with van der Waals surface area (Å²) >= 11 is 0. The van der Waals surface area contributed by atoms with Crippen molar-refractivity contribution in [1.29, 1.82) is 0 Å². The predicted molar refractivity (Wildman–Crippen MR) is 251 cm³/mol. The summed E-state index contributed by atoms with van der Waals surface area (Å²) in [4.78, 5) is 13.1. The molecule has 0 aliphatic carbocycles. The van der Waals surface area contributed by atoms with Crippen LogP contribution in [0, 0.1) is 0 Å². The second kappa shape index (κ2) is 40.6. The lowest BCUT2D eigenvalue weighted by Crippen LogP contribution is -2.60. The van der Waals surface area contributed by atoms with E-state index in [2.05, 4.69) is 67.8 Å². The molecule has 1 heterocycles. The Bertz CT molecular complexity index is 1150. The molecule has 11 heteroatoms. The van der Waals surface area contributed by atoms with Gasteiger partial charge >= 0.3 is 0 Å². The van der Waals surface area contributed by atoms with E-state index in [0.717, 1.165) is 57.8 Å². The van der Waals surface area contributed by atoms with Gasteiger partial charge in [0.25, 0.3) is 0 Å². The number of carbonyl (C=O) groups excluding carboxylic acids is 1. The first kappa shape index (κ1) is 58.1. The smallest absolute Gasteiger partial charge is 0.249 e. The van der Waals surface area contributed by atoms with Gasteiger partial charge in [0.1, 0.15) is 36.6 Å². The van der Waals surface area contributed by atoms with Crippen LogP contribution < -0.4 is 5.32 Å². The molecular weight excluding hydrogens is 787 g/mol. The Balaban J connectivity index is 2.47. The van der Waals surface area contributed by atoms with Gasteiger partial charge in [-0.1, -0.05) is 159 Å². The van der Waals surface area contributed by atoms with E-state index in [-0.39, 0.29) is 12.8 Å². The summed E-state index contributed by atoms with van der Waals surface area (Å²) in [5.74, 6) is -0.723. The summed E-state index contributed by atoms with van der Waals surface area (Å²) in [5, 5.41) is 75.7. The second-order valence-electron chi connectivity index (χ2n) is 17.5. The Morgan fingerprint density at radius 2 is 0.968 bits per heavy atom. The highest BCUT2D eigenvalue weighted by Gasteiger charge is 2.44. The zero-order valence-corrected chi connectivity index (χ0v) is 39.1. The minimum atomic E-state index is -1.67. The van der Waals surface area contributed by atoms with Crippen LogP contribution in [0.25, 0.3) is 0 Å². The van der Waals surface area contributed by atoms with Crippen molar-refractivity contribution >= 4 is 5.91 Å². The molecular formula is C51H93NO10. The molecule has 62 heavy (non-hydrogen) atoms. The molecule has 362 valence electrons. The molecule has 1 fully saturated rings. The summed E-state index contributed by atoms with van der Waals surface area (Å²) in [6.45, 7) is 3.40. The van der Waals surface area contributed by atoms with Crippen molar-refractivity contribution in [2.75, 3.05) is 13.2 Å². The van der Waals surface area contributed by atoms with Crippen LogP contribution in [0.3, 0.4) is 0 Å². The van der Waals surface area contributed by atoms with E-state index in [9.17, 15) is 40.5 Å². The predicted octanol–water partition coefficient (Wildman–Crippen LogP) is 8.95. The topological polar surface area (TPSA) is 189 Å². The number of aliphatic hydroxyl groups is 7. The number of ether oxygens (including phenoxy) is 2. The Hall–Kier alpha value is -1.93. The number of rotatable bonds is 41. The van der Waals surface area contributed by atoms with E-state index in [1.165, 1.54) is 96.3 Å². The van der Waals surface area contributed by atoms with Crippen LogP contribution >= 0.6 is 0 Å². The Morgan fingerprint density at radius 1 is 0.548 bits per heavy atom. The highest BCUT2D eigenvalue weighted by molar-refractivity contribution is 5.80. The van der Waals surface area contributed by atoms with Crippen molar-refractivity contribution < 1.29 is 50.0 Å². The number of hydrogen-bond donors (Lipinski definition) is 8. The van der Waals surface area contributed by atoms with Crippen molar-refractivity contribution in [3.05, 3.63) is 48.6 Å². The first-order chi connectivity index (χ1) is 30.2. The fourth-order valence-corrected chi connectivity index (χ4v) is 7.64. The number of amides is 1. The van der Waals surface area contributed by atoms with E-state index in [1.807, 2.05) is 0 Å². The van der Waals surface area contributed by atoms with Crippen molar-refractivity contribution in [2.24, 2.45) is 0 Å². The summed E-state index contributed by atoms with van der Waals surface area (Å²) in [5.41, 5.74) is 0. The van der Waals surface area contributed by atoms with E-state index >= 15 is 0 Å². The highest BCUT2D eigenvalue weighted by Crippen LogP contribution is 2.23. The van der Waals surface area contributed by atoms with E-state index in [4.69, 9.17) is 9.47 Å². The van der Waals surface area contributed by atoms with Gasteiger partial charge in [-0.15, -0.1) is 0 Å². The molecule has 0 aromatic carbocycles. The molecule has 0 spiro atoms. The van der Waals surface area contributed by atoms with Crippen molar-refractivity contribution in [2.45, 2.75) is 255 Å². The maximum absolute atomic E-state index is 13.1. The number of aliphatic hydroxyl groups excluding tert-OH is 7. The summed E-state index contributed by atoms with van der Waals surface area (Å²) in [7, 11) is 0. The van der Waals surface area contributed by atoms with Gasteiger partial charge in [-0.05, 0) is 89.9 Å². The normalized spacial score (nSPS) is 21.7. The molecule has 0 aromatic rings. The maximum Gasteiger partial charge on any atom is 0.249 e. The van der Waals surface area contributed by atoms with Gasteiger partial charge in [0.2, 0.25) is 5.91 Å². The quantitative estimate of drug-likeness (QED) is 0.0218. The summed E-state index contributed by atoms with van der Waals surface area (Å²) in [6, 6.07) is -1.20. The Kier molecular flexibility index (Phi) is 38.0. The number of unbranched alkanes of at least 4 members (excludes halogenated alkanes) is 21. The molecule has 11 nitrogen and oxygen atoms in total. The molecule has 0 aromatic heterocycles. The second-order valence-corrected chi connectivity index (χ2v) is 17.5. The zero-order chi connectivity index (χ0) is 45.5. The third kappa shape index (κ3) is 29.5. The van der Waals surface area contributed by atoms with Gasteiger partial charge < -0.3 is 50.5 Å². The Morgan fingerprint density at radius 3 is 1.44 bits per heavy atom. The largest absolute Gasteiger partial charge is 0.394 e. The van der Waals surface area contributed by atoms with Crippen LogP contribution in [-0.2, 0) is 14.3 Å². The first-order valence-electron chi connectivity index (χ1n) is 25.0. The molecule has 8 N–H and O–H groups in total.